The summed E-state index contributed by atoms with van der Waals surface area (Å²) in [6.07, 6.45) is 1.79. The number of anilines is 1. The molecule has 0 fully saturated rings. The first-order valence-electron chi connectivity index (χ1n) is 6.14. The standard InChI is InChI=1S/C15H15N3O/c1-11-4-2-5-13(8-11)19-10-12-9-17-15-7-3-6-14(16)18(12)15/h2-9H,10,16H2,1H3. The summed E-state index contributed by atoms with van der Waals surface area (Å²) in [5.41, 5.74) is 8.91. The number of nitrogens with two attached hydrogens (primary N) is 1. The fourth-order valence-corrected chi connectivity index (χ4v) is 2.09. The fourth-order valence-electron chi connectivity index (χ4n) is 2.09. The van der Waals surface area contributed by atoms with Gasteiger partial charge in [0.1, 0.15) is 23.8 Å². The molecule has 0 saturated carbocycles. The lowest BCUT2D eigenvalue weighted by Gasteiger charge is -2.08. The van der Waals surface area contributed by atoms with Gasteiger partial charge in [-0.05, 0) is 36.8 Å². The minimum absolute atomic E-state index is 0.443. The Kier molecular flexibility index (Phi) is 2.83. The van der Waals surface area contributed by atoms with Gasteiger partial charge in [0, 0.05) is 0 Å². The smallest absolute Gasteiger partial charge is 0.138 e. The van der Waals surface area contributed by atoms with Gasteiger partial charge in [0.05, 0.1) is 11.9 Å². The molecule has 19 heavy (non-hydrogen) atoms. The maximum Gasteiger partial charge on any atom is 0.138 e. The molecule has 2 aromatic heterocycles. The van der Waals surface area contributed by atoms with Crippen molar-refractivity contribution < 1.29 is 4.74 Å². The van der Waals surface area contributed by atoms with Crippen molar-refractivity contribution in [2.45, 2.75) is 13.5 Å². The second-order valence-corrected chi connectivity index (χ2v) is 4.50. The number of hydrogen-bond acceptors (Lipinski definition) is 3. The minimum Gasteiger partial charge on any atom is -0.487 e. The number of imidazole rings is 1. The maximum atomic E-state index is 5.96. The zero-order valence-electron chi connectivity index (χ0n) is 10.7. The second kappa shape index (κ2) is 4.65. The van der Waals surface area contributed by atoms with Gasteiger partial charge in [0.2, 0.25) is 0 Å². The van der Waals surface area contributed by atoms with Crippen LogP contribution in [0.2, 0.25) is 0 Å². The predicted molar refractivity (Wildman–Crippen MR) is 75.1 cm³/mol. The number of fused-ring (bicyclic) bond motifs is 1. The van der Waals surface area contributed by atoms with Gasteiger partial charge >= 0.3 is 0 Å². The highest BCUT2D eigenvalue weighted by molar-refractivity contribution is 5.49. The van der Waals surface area contributed by atoms with E-state index in [0.717, 1.165) is 17.1 Å². The van der Waals surface area contributed by atoms with Gasteiger partial charge in [0.25, 0.3) is 0 Å². The zero-order chi connectivity index (χ0) is 13.2. The van der Waals surface area contributed by atoms with Crippen molar-refractivity contribution in [2.24, 2.45) is 0 Å². The summed E-state index contributed by atoms with van der Waals surface area (Å²) >= 11 is 0. The van der Waals surface area contributed by atoms with Gasteiger partial charge in [0.15, 0.2) is 0 Å². The Morgan fingerprint density at radius 2 is 2.05 bits per heavy atom. The fraction of sp³-hybridized carbons (Fsp3) is 0.133. The third-order valence-corrected chi connectivity index (χ3v) is 3.01. The van der Waals surface area contributed by atoms with Crippen LogP contribution in [0.1, 0.15) is 11.3 Å². The van der Waals surface area contributed by atoms with Crippen molar-refractivity contribution in [1.29, 1.82) is 0 Å². The molecule has 0 spiro atoms. The van der Waals surface area contributed by atoms with Crippen LogP contribution in [0.3, 0.4) is 0 Å². The van der Waals surface area contributed by atoms with Crippen LogP contribution in [0.15, 0.2) is 48.7 Å². The van der Waals surface area contributed by atoms with Crippen LogP contribution in [-0.4, -0.2) is 9.38 Å². The number of hydrogen-bond donors (Lipinski definition) is 1. The molecular weight excluding hydrogens is 238 g/mol. The highest BCUT2D eigenvalue weighted by Crippen LogP contribution is 2.17. The number of pyridine rings is 1. The molecule has 0 aliphatic heterocycles. The molecule has 4 nitrogen and oxygen atoms in total. The average molecular weight is 253 g/mol. The Labute approximate surface area is 111 Å². The number of ether oxygens (including phenoxy) is 1. The van der Waals surface area contributed by atoms with Gasteiger partial charge in [-0.3, -0.25) is 4.40 Å². The lowest BCUT2D eigenvalue weighted by molar-refractivity contribution is 0.300. The Hall–Kier alpha value is -2.49. The number of benzene rings is 1. The summed E-state index contributed by atoms with van der Waals surface area (Å²) in [6, 6.07) is 13.6. The molecule has 0 amide bonds. The van der Waals surface area contributed by atoms with Crippen LogP contribution in [0.5, 0.6) is 5.75 Å². The van der Waals surface area contributed by atoms with E-state index in [2.05, 4.69) is 4.98 Å². The maximum absolute atomic E-state index is 5.96. The molecule has 1 aromatic carbocycles. The van der Waals surface area contributed by atoms with Gasteiger partial charge in [-0.15, -0.1) is 0 Å². The molecule has 0 atom stereocenters. The number of nitrogens with zero attached hydrogens (tertiary/aromatic N) is 2. The minimum atomic E-state index is 0.443. The molecule has 2 N–H and O–H groups in total. The lowest BCUT2D eigenvalue weighted by atomic mass is 10.2. The molecule has 0 aliphatic rings. The molecule has 0 unspecified atom stereocenters. The quantitative estimate of drug-likeness (QED) is 0.781. The Balaban J connectivity index is 1.86. The summed E-state index contributed by atoms with van der Waals surface area (Å²) in [4.78, 5) is 4.31. The molecular formula is C15H15N3O. The van der Waals surface area contributed by atoms with E-state index in [1.807, 2.05) is 53.8 Å². The molecule has 0 radical (unpaired) electrons. The van der Waals surface area contributed by atoms with Crippen molar-refractivity contribution in [3.8, 4) is 5.75 Å². The molecule has 0 aliphatic carbocycles. The second-order valence-electron chi connectivity index (χ2n) is 4.50. The van der Waals surface area contributed by atoms with Crippen molar-refractivity contribution >= 4 is 11.5 Å². The molecule has 96 valence electrons. The SMILES string of the molecule is Cc1cccc(OCc2cnc3cccc(N)n23)c1. The molecule has 2 heterocycles. The molecule has 4 heteroatoms. The summed E-state index contributed by atoms with van der Waals surface area (Å²) < 4.78 is 7.68. The highest BCUT2D eigenvalue weighted by atomic mass is 16.5. The van der Waals surface area contributed by atoms with E-state index in [0.29, 0.717) is 12.4 Å². The normalized spacial score (nSPS) is 10.8. The zero-order valence-corrected chi connectivity index (χ0v) is 10.7. The first-order valence-corrected chi connectivity index (χ1v) is 6.14. The Bertz CT molecular complexity index is 718. The van der Waals surface area contributed by atoms with E-state index in [-0.39, 0.29) is 0 Å². The van der Waals surface area contributed by atoms with Crippen molar-refractivity contribution in [1.82, 2.24) is 9.38 Å². The van der Waals surface area contributed by atoms with E-state index in [9.17, 15) is 0 Å². The number of aryl methyl sites for hydroxylation is 1. The third kappa shape index (κ3) is 2.25. The average Bonchev–Trinajstić information content (AvgIpc) is 2.81. The molecule has 0 saturated heterocycles. The largest absolute Gasteiger partial charge is 0.487 e. The monoisotopic (exact) mass is 253 g/mol. The van der Waals surface area contributed by atoms with E-state index >= 15 is 0 Å². The molecule has 0 bridgehead atoms. The molecule has 3 rings (SSSR count). The third-order valence-electron chi connectivity index (χ3n) is 3.01. The van der Waals surface area contributed by atoms with Crippen LogP contribution in [0.25, 0.3) is 5.65 Å². The van der Waals surface area contributed by atoms with E-state index in [4.69, 9.17) is 10.5 Å². The summed E-state index contributed by atoms with van der Waals surface area (Å²) in [7, 11) is 0. The summed E-state index contributed by atoms with van der Waals surface area (Å²) in [5, 5.41) is 0. The van der Waals surface area contributed by atoms with Crippen molar-refractivity contribution in [2.75, 3.05) is 5.73 Å². The topological polar surface area (TPSA) is 52.5 Å². The van der Waals surface area contributed by atoms with E-state index < -0.39 is 0 Å². The predicted octanol–water partition coefficient (Wildman–Crippen LogP) is 2.80. The van der Waals surface area contributed by atoms with Crippen LogP contribution in [0, 0.1) is 6.92 Å². The van der Waals surface area contributed by atoms with Crippen molar-refractivity contribution in [3.63, 3.8) is 0 Å². The van der Waals surface area contributed by atoms with Crippen LogP contribution in [0.4, 0.5) is 5.82 Å². The summed E-state index contributed by atoms with van der Waals surface area (Å²) in [5.74, 6) is 1.52. The van der Waals surface area contributed by atoms with Crippen LogP contribution >= 0.6 is 0 Å². The Morgan fingerprint density at radius 1 is 1.21 bits per heavy atom. The lowest BCUT2D eigenvalue weighted by Crippen LogP contribution is -2.03. The Morgan fingerprint density at radius 3 is 2.89 bits per heavy atom. The highest BCUT2D eigenvalue weighted by Gasteiger charge is 2.06. The van der Waals surface area contributed by atoms with Gasteiger partial charge in [-0.2, -0.15) is 0 Å². The van der Waals surface area contributed by atoms with Gasteiger partial charge < -0.3 is 10.5 Å². The summed E-state index contributed by atoms with van der Waals surface area (Å²) in [6.45, 7) is 2.48. The first kappa shape index (κ1) is 11.6. The van der Waals surface area contributed by atoms with E-state index in [1.165, 1.54) is 5.56 Å². The van der Waals surface area contributed by atoms with Gasteiger partial charge in [-0.25, -0.2) is 4.98 Å². The number of nitrogen functional groups attached to an aromatic ring is 1. The number of rotatable bonds is 3. The molecule has 3 aromatic rings. The van der Waals surface area contributed by atoms with E-state index in [1.54, 1.807) is 6.20 Å². The number of aromatic nitrogens is 2. The van der Waals surface area contributed by atoms with Crippen LogP contribution in [-0.2, 0) is 6.61 Å². The van der Waals surface area contributed by atoms with Gasteiger partial charge in [-0.1, -0.05) is 18.2 Å². The van der Waals surface area contributed by atoms with Crippen LogP contribution < -0.4 is 10.5 Å². The van der Waals surface area contributed by atoms with Crippen molar-refractivity contribution in [3.05, 3.63) is 59.9 Å². The first-order chi connectivity index (χ1) is 9.24.